The van der Waals surface area contributed by atoms with Crippen LogP contribution in [0.15, 0.2) is 54.7 Å². The zero-order valence-electron chi connectivity index (χ0n) is 16.4. The van der Waals surface area contributed by atoms with E-state index in [1.165, 1.54) is 23.4 Å². The standard InChI is InChI=1S/C23H22FN3O2S/c24-19-9-4-3-8-18(19)23-26-14-20(30-23)22(29)25-12-5-10-21(28)27-13-11-16-6-1-2-7-17(16)15-27/h1-4,6-9,14H,5,10-13,15H2,(H,25,29). The molecule has 0 aliphatic carbocycles. The summed E-state index contributed by atoms with van der Waals surface area (Å²) < 4.78 is 13.9. The number of carbonyl (C=O) groups is 2. The number of rotatable bonds is 6. The van der Waals surface area contributed by atoms with Crippen molar-refractivity contribution in [3.8, 4) is 10.6 Å². The highest BCUT2D eigenvalue weighted by molar-refractivity contribution is 7.16. The summed E-state index contributed by atoms with van der Waals surface area (Å²) in [6.07, 6.45) is 3.31. The normalized spacial score (nSPS) is 13.0. The van der Waals surface area contributed by atoms with Crippen LogP contribution >= 0.6 is 11.3 Å². The molecule has 0 saturated carbocycles. The Morgan fingerprint density at radius 1 is 1.10 bits per heavy atom. The molecule has 0 fully saturated rings. The van der Waals surface area contributed by atoms with Gasteiger partial charge in [0.05, 0.1) is 6.20 Å². The highest BCUT2D eigenvalue weighted by Gasteiger charge is 2.20. The van der Waals surface area contributed by atoms with Crippen LogP contribution in [0.4, 0.5) is 4.39 Å². The summed E-state index contributed by atoms with van der Waals surface area (Å²) in [4.78, 5) is 31.3. The van der Waals surface area contributed by atoms with Crippen molar-refractivity contribution in [3.63, 3.8) is 0 Å². The quantitative estimate of drug-likeness (QED) is 0.609. The zero-order valence-corrected chi connectivity index (χ0v) is 17.3. The Morgan fingerprint density at radius 3 is 2.70 bits per heavy atom. The fraction of sp³-hybridized carbons (Fsp3) is 0.261. The molecule has 3 aromatic rings. The summed E-state index contributed by atoms with van der Waals surface area (Å²) in [6.45, 7) is 1.80. The van der Waals surface area contributed by atoms with Gasteiger partial charge >= 0.3 is 0 Å². The van der Waals surface area contributed by atoms with Crippen LogP contribution < -0.4 is 5.32 Å². The Balaban J connectivity index is 1.24. The molecular weight excluding hydrogens is 401 g/mol. The van der Waals surface area contributed by atoms with Crippen molar-refractivity contribution in [1.29, 1.82) is 0 Å². The number of aromatic nitrogens is 1. The van der Waals surface area contributed by atoms with Gasteiger partial charge in [-0.05, 0) is 36.1 Å². The zero-order chi connectivity index (χ0) is 20.9. The summed E-state index contributed by atoms with van der Waals surface area (Å²) in [6, 6.07) is 14.6. The first-order valence-electron chi connectivity index (χ1n) is 9.95. The maximum atomic E-state index is 13.9. The molecule has 154 valence electrons. The topological polar surface area (TPSA) is 62.3 Å². The van der Waals surface area contributed by atoms with Gasteiger partial charge in [-0.1, -0.05) is 36.4 Å². The van der Waals surface area contributed by atoms with Crippen molar-refractivity contribution < 1.29 is 14.0 Å². The molecule has 0 saturated heterocycles. The van der Waals surface area contributed by atoms with Crippen LogP contribution in [0.2, 0.25) is 0 Å². The third-order valence-corrected chi connectivity index (χ3v) is 6.20. The van der Waals surface area contributed by atoms with Gasteiger partial charge in [0.1, 0.15) is 15.7 Å². The van der Waals surface area contributed by atoms with Crippen molar-refractivity contribution >= 4 is 23.2 Å². The van der Waals surface area contributed by atoms with E-state index in [9.17, 15) is 14.0 Å². The van der Waals surface area contributed by atoms with Crippen molar-refractivity contribution in [2.45, 2.75) is 25.8 Å². The lowest BCUT2D eigenvalue weighted by Crippen LogP contribution is -2.36. The van der Waals surface area contributed by atoms with Crippen LogP contribution in [0.1, 0.15) is 33.6 Å². The molecule has 0 unspecified atom stereocenters. The molecule has 2 amide bonds. The number of nitrogens with one attached hydrogen (secondary N) is 1. The number of hydrogen-bond acceptors (Lipinski definition) is 4. The maximum absolute atomic E-state index is 13.9. The molecule has 1 N–H and O–H groups in total. The Kier molecular flexibility index (Phi) is 6.18. The number of fused-ring (bicyclic) bond motifs is 1. The Hall–Kier alpha value is -3.06. The fourth-order valence-corrected chi connectivity index (χ4v) is 4.39. The van der Waals surface area contributed by atoms with Gasteiger partial charge in [0.15, 0.2) is 0 Å². The SMILES string of the molecule is O=C(NCCCC(=O)N1CCc2ccccc2C1)c1cnc(-c2ccccc2F)s1. The lowest BCUT2D eigenvalue weighted by molar-refractivity contribution is -0.132. The molecule has 7 heteroatoms. The number of thiazole rings is 1. The van der Waals surface area contributed by atoms with Gasteiger partial charge in [-0.15, -0.1) is 11.3 Å². The first-order chi connectivity index (χ1) is 14.6. The second-order valence-electron chi connectivity index (χ2n) is 7.20. The first-order valence-corrected chi connectivity index (χ1v) is 10.8. The van der Waals surface area contributed by atoms with Gasteiger partial charge in [0.25, 0.3) is 5.91 Å². The van der Waals surface area contributed by atoms with Crippen LogP contribution in [-0.2, 0) is 17.8 Å². The van der Waals surface area contributed by atoms with E-state index >= 15 is 0 Å². The number of halogens is 1. The van der Waals surface area contributed by atoms with Crippen LogP contribution in [0, 0.1) is 5.82 Å². The molecule has 0 spiro atoms. The Bertz CT molecular complexity index is 1070. The van der Waals surface area contributed by atoms with Gasteiger partial charge in [0, 0.05) is 31.6 Å². The molecule has 1 aliphatic heterocycles. The smallest absolute Gasteiger partial charge is 0.263 e. The number of carbonyl (C=O) groups excluding carboxylic acids is 2. The second kappa shape index (κ2) is 9.17. The number of nitrogens with zero attached hydrogens (tertiary/aromatic N) is 2. The van der Waals surface area contributed by atoms with Gasteiger partial charge < -0.3 is 10.2 Å². The van der Waals surface area contributed by atoms with E-state index < -0.39 is 0 Å². The van der Waals surface area contributed by atoms with Crippen LogP contribution in [0.5, 0.6) is 0 Å². The highest BCUT2D eigenvalue weighted by atomic mass is 32.1. The largest absolute Gasteiger partial charge is 0.351 e. The molecule has 4 rings (SSSR count). The number of hydrogen-bond donors (Lipinski definition) is 1. The number of benzene rings is 2. The van der Waals surface area contributed by atoms with Crippen LogP contribution in [0.25, 0.3) is 10.6 Å². The third-order valence-electron chi connectivity index (χ3n) is 5.17. The number of amides is 2. The predicted molar refractivity (Wildman–Crippen MR) is 115 cm³/mol. The van der Waals surface area contributed by atoms with Gasteiger partial charge in [-0.25, -0.2) is 9.37 Å². The lowest BCUT2D eigenvalue weighted by Gasteiger charge is -2.29. The summed E-state index contributed by atoms with van der Waals surface area (Å²) in [5, 5.41) is 3.29. The summed E-state index contributed by atoms with van der Waals surface area (Å²) in [7, 11) is 0. The second-order valence-corrected chi connectivity index (χ2v) is 8.23. The summed E-state index contributed by atoms with van der Waals surface area (Å²) in [5.74, 6) is -0.509. The van der Waals surface area contributed by atoms with E-state index in [0.29, 0.717) is 41.4 Å². The first kappa shape index (κ1) is 20.2. The highest BCUT2D eigenvalue weighted by Crippen LogP contribution is 2.27. The Morgan fingerprint density at radius 2 is 1.87 bits per heavy atom. The predicted octanol–water partition coefficient (Wildman–Crippen LogP) is 4.04. The molecule has 0 bridgehead atoms. The van der Waals surface area contributed by atoms with Crippen molar-refractivity contribution in [2.75, 3.05) is 13.1 Å². The van der Waals surface area contributed by atoms with Crippen LogP contribution in [-0.4, -0.2) is 34.8 Å². The minimum atomic E-state index is -0.363. The monoisotopic (exact) mass is 423 g/mol. The summed E-state index contributed by atoms with van der Waals surface area (Å²) in [5.41, 5.74) is 2.91. The Labute approximate surface area is 178 Å². The molecule has 1 aromatic heterocycles. The van der Waals surface area contributed by atoms with Crippen LogP contribution in [0.3, 0.4) is 0 Å². The van der Waals surface area contributed by atoms with Gasteiger partial charge in [-0.3, -0.25) is 9.59 Å². The van der Waals surface area contributed by atoms with E-state index in [4.69, 9.17) is 0 Å². The molecule has 30 heavy (non-hydrogen) atoms. The third kappa shape index (κ3) is 4.57. The minimum Gasteiger partial charge on any atom is -0.351 e. The maximum Gasteiger partial charge on any atom is 0.263 e. The average molecular weight is 424 g/mol. The van der Waals surface area contributed by atoms with Crippen molar-refractivity contribution in [3.05, 3.63) is 76.5 Å². The van der Waals surface area contributed by atoms with E-state index in [1.807, 2.05) is 17.0 Å². The molecule has 0 radical (unpaired) electrons. The molecule has 1 aliphatic rings. The summed E-state index contributed by atoms with van der Waals surface area (Å²) >= 11 is 1.15. The van der Waals surface area contributed by atoms with Gasteiger partial charge in [0.2, 0.25) is 5.91 Å². The van der Waals surface area contributed by atoms with Crippen molar-refractivity contribution in [2.24, 2.45) is 0 Å². The molecule has 2 heterocycles. The van der Waals surface area contributed by atoms with E-state index in [2.05, 4.69) is 22.4 Å². The van der Waals surface area contributed by atoms with E-state index in [0.717, 1.165) is 24.3 Å². The average Bonchev–Trinajstić information content (AvgIpc) is 3.26. The molecule has 5 nitrogen and oxygen atoms in total. The molecule has 0 atom stereocenters. The van der Waals surface area contributed by atoms with E-state index in [-0.39, 0.29) is 17.6 Å². The fourth-order valence-electron chi connectivity index (χ4n) is 3.53. The van der Waals surface area contributed by atoms with E-state index in [1.54, 1.807) is 18.2 Å². The molecule has 2 aromatic carbocycles. The van der Waals surface area contributed by atoms with Gasteiger partial charge in [-0.2, -0.15) is 0 Å². The lowest BCUT2D eigenvalue weighted by atomic mass is 9.99. The minimum absolute atomic E-state index is 0.110. The van der Waals surface area contributed by atoms with Crippen molar-refractivity contribution in [1.82, 2.24) is 15.2 Å². The molecular formula is C23H22FN3O2S.